The van der Waals surface area contributed by atoms with Gasteiger partial charge in [0.05, 0.1) is 11.5 Å². The summed E-state index contributed by atoms with van der Waals surface area (Å²) in [6, 6.07) is 10.2. The number of carbonyl (C=O) groups is 3. The lowest BCUT2D eigenvalue weighted by Crippen LogP contribution is -2.62. The normalized spacial score (nSPS) is 23.7. The van der Waals surface area contributed by atoms with Gasteiger partial charge in [0.2, 0.25) is 5.91 Å². The van der Waals surface area contributed by atoms with Gasteiger partial charge in [0, 0.05) is 67.6 Å². The molecule has 260 valence electrons. The van der Waals surface area contributed by atoms with E-state index in [1.807, 2.05) is 24.3 Å². The number of benzene rings is 2. The van der Waals surface area contributed by atoms with Crippen molar-refractivity contribution in [3.8, 4) is 0 Å². The Morgan fingerprint density at radius 2 is 1.69 bits per heavy atom. The average molecular weight is 735 g/mol. The summed E-state index contributed by atoms with van der Waals surface area (Å²) < 4.78 is 40.5. The molecule has 2 aromatic carbocycles. The molecule has 4 aliphatic rings. The molecule has 0 radical (unpaired) electrons. The molecule has 14 heteroatoms. The number of fused-ring (bicyclic) bond motifs is 1. The largest absolute Gasteiger partial charge is 0.530 e. The fourth-order valence-corrected chi connectivity index (χ4v) is 8.53. The predicted molar refractivity (Wildman–Crippen MR) is 175 cm³/mol. The lowest BCUT2D eigenvalue weighted by Gasteiger charge is -2.48. The van der Waals surface area contributed by atoms with Gasteiger partial charge in [-0.25, -0.2) is 4.79 Å². The van der Waals surface area contributed by atoms with Crippen LogP contribution < -0.4 is 15.7 Å². The molecular formula is C34H41BrF3N6O4-. The first kappa shape index (κ1) is 34.5. The monoisotopic (exact) mass is 733 g/mol. The van der Waals surface area contributed by atoms with Crippen LogP contribution in [0.5, 0.6) is 0 Å². The number of amides is 4. The second kappa shape index (κ2) is 14.6. The number of carbonyl (C=O) groups excluding carboxylic acids is 3. The average Bonchev–Trinajstić information content (AvgIpc) is 3.24. The highest BCUT2D eigenvalue weighted by atomic mass is 79.9. The van der Waals surface area contributed by atoms with E-state index in [-0.39, 0.29) is 41.8 Å². The van der Waals surface area contributed by atoms with E-state index >= 15 is 0 Å². The lowest BCUT2D eigenvalue weighted by atomic mass is 9.82. The maximum atomic E-state index is 14.5. The van der Waals surface area contributed by atoms with Crippen molar-refractivity contribution in [3.05, 3.63) is 63.6 Å². The number of nitrogens with zero attached hydrogens (tertiary/aromatic N) is 4. The number of anilines is 1. The third kappa shape index (κ3) is 7.60. The minimum absolute atomic E-state index is 0.0306. The molecule has 2 N–H and O–H groups in total. The van der Waals surface area contributed by atoms with Gasteiger partial charge in [0.25, 0.3) is 0 Å². The number of para-hydroxylation sites is 1. The summed E-state index contributed by atoms with van der Waals surface area (Å²) >= 11 is 3.06. The van der Waals surface area contributed by atoms with Crippen molar-refractivity contribution in [2.45, 2.75) is 62.8 Å². The molecule has 48 heavy (non-hydrogen) atoms. The van der Waals surface area contributed by atoms with Crippen LogP contribution >= 0.6 is 15.9 Å². The summed E-state index contributed by atoms with van der Waals surface area (Å²) in [5, 5.41) is 18.9. The van der Waals surface area contributed by atoms with E-state index in [9.17, 15) is 32.7 Å². The molecule has 0 spiro atoms. The molecule has 3 fully saturated rings. The van der Waals surface area contributed by atoms with E-state index in [0.29, 0.717) is 57.2 Å². The van der Waals surface area contributed by atoms with Crippen molar-refractivity contribution >= 4 is 39.6 Å². The van der Waals surface area contributed by atoms with Crippen LogP contribution in [-0.2, 0) is 23.8 Å². The Bertz CT molecular complexity index is 1500. The fourth-order valence-electron chi connectivity index (χ4n) is 7.88. The van der Waals surface area contributed by atoms with E-state index < -0.39 is 29.8 Å². The van der Waals surface area contributed by atoms with Gasteiger partial charge in [-0.05, 0) is 80.9 Å². The van der Waals surface area contributed by atoms with Gasteiger partial charge in [-0.15, -0.1) is 0 Å². The Balaban J connectivity index is 1.27. The number of hydrogen-bond acceptors (Lipinski definition) is 6. The van der Waals surface area contributed by atoms with E-state index in [4.69, 9.17) is 0 Å². The molecule has 10 nitrogen and oxygen atoms in total. The molecular weight excluding hydrogens is 693 g/mol. The lowest BCUT2D eigenvalue weighted by molar-refractivity contribution is -0.270. The van der Waals surface area contributed by atoms with Crippen LogP contribution in [0.3, 0.4) is 0 Å². The van der Waals surface area contributed by atoms with E-state index in [1.165, 1.54) is 17.0 Å². The third-order valence-corrected chi connectivity index (χ3v) is 11.1. The second-order valence-corrected chi connectivity index (χ2v) is 14.1. The maximum Gasteiger partial charge on any atom is 0.417 e. The molecule has 4 amide bonds. The van der Waals surface area contributed by atoms with Crippen LogP contribution in [-0.4, -0.2) is 108 Å². The Hall–Kier alpha value is -3.36. The highest BCUT2D eigenvalue weighted by Crippen LogP contribution is 2.37. The van der Waals surface area contributed by atoms with Crippen molar-refractivity contribution in [3.63, 3.8) is 0 Å². The zero-order chi connectivity index (χ0) is 34.0. The molecule has 6 rings (SSSR count). The summed E-state index contributed by atoms with van der Waals surface area (Å²) in [5.41, 5.74) is 1.38. The van der Waals surface area contributed by atoms with Crippen LogP contribution in [0.1, 0.15) is 42.4 Å². The van der Waals surface area contributed by atoms with Gasteiger partial charge < -0.3 is 35.2 Å². The minimum Gasteiger partial charge on any atom is -0.530 e. The highest BCUT2D eigenvalue weighted by Gasteiger charge is 2.43. The fraction of sp³-hybridized carbons (Fsp3) is 0.559. The summed E-state index contributed by atoms with van der Waals surface area (Å²) in [6.45, 7) is 4.75. The standard InChI is InChI=1S/C34H42BrF3N6O4/c35-28-20-22(5-6-27(28)34(36,37)38)19-26(31(45)42-17-15-41(16-18-42)24-7-11-39-12-8-24)30-21-25(10-14-44(30)33(47)48)43-13-9-23-3-1-2-4-29(23)40-32(43)46/h1-6,20,24-26,30,39H,7-19,21H2,(H,40,46)(H,47,48)/p-1/t25?,26?,30-/m1/s1. The first-order valence-corrected chi connectivity index (χ1v) is 17.5. The number of hydrogen-bond donors (Lipinski definition) is 2. The number of alkyl halides is 3. The topological polar surface area (TPSA) is 111 Å². The molecule has 3 atom stereocenters. The van der Waals surface area contributed by atoms with Crippen molar-refractivity contribution in [1.82, 2.24) is 24.9 Å². The molecule has 4 aliphatic heterocycles. The molecule has 0 saturated carbocycles. The van der Waals surface area contributed by atoms with Gasteiger partial charge in [-0.2, -0.15) is 13.2 Å². The first-order chi connectivity index (χ1) is 23.0. The Labute approximate surface area is 286 Å². The quantitative estimate of drug-likeness (QED) is 0.468. The SMILES string of the molecule is O=C(C(Cc1ccc(C(F)(F)F)c(Br)c1)[C@H]1CC(N2CCc3ccccc3NC2=O)CCN1C(=O)[O-])N1CCN(C2CCNCC2)CC1. The first-order valence-electron chi connectivity index (χ1n) is 16.7. The van der Waals surface area contributed by atoms with Crippen LogP contribution in [0.4, 0.5) is 28.4 Å². The van der Waals surface area contributed by atoms with E-state index in [1.54, 1.807) is 9.80 Å². The highest BCUT2D eigenvalue weighted by molar-refractivity contribution is 9.10. The Morgan fingerprint density at radius 3 is 2.38 bits per heavy atom. The summed E-state index contributed by atoms with van der Waals surface area (Å²) in [4.78, 5) is 47.6. The van der Waals surface area contributed by atoms with E-state index in [2.05, 4.69) is 31.5 Å². The van der Waals surface area contributed by atoms with Crippen LogP contribution in [0.25, 0.3) is 0 Å². The van der Waals surface area contributed by atoms with Gasteiger partial charge >= 0.3 is 12.2 Å². The number of urea groups is 1. The molecule has 0 bridgehead atoms. The summed E-state index contributed by atoms with van der Waals surface area (Å²) in [6.07, 6.45) is -2.67. The summed E-state index contributed by atoms with van der Waals surface area (Å²) in [7, 11) is 0. The zero-order valence-corrected chi connectivity index (χ0v) is 28.3. The molecule has 2 unspecified atom stereocenters. The van der Waals surface area contributed by atoms with Gasteiger partial charge in [-0.1, -0.05) is 40.2 Å². The predicted octanol–water partition coefficient (Wildman–Crippen LogP) is 3.79. The Morgan fingerprint density at radius 1 is 0.958 bits per heavy atom. The zero-order valence-electron chi connectivity index (χ0n) is 26.7. The maximum absolute atomic E-state index is 14.5. The summed E-state index contributed by atoms with van der Waals surface area (Å²) in [5.74, 6) is -1.13. The molecule has 0 aliphatic carbocycles. The molecule has 2 aromatic rings. The minimum atomic E-state index is -4.56. The van der Waals surface area contributed by atoms with Crippen molar-refractivity contribution in [1.29, 1.82) is 0 Å². The third-order valence-electron chi connectivity index (χ3n) is 10.5. The van der Waals surface area contributed by atoms with Crippen LogP contribution in [0.2, 0.25) is 0 Å². The number of piperidine rings is 2. The number of likely N-dealkylation sites (tertiary alicyclic amines) is 1. The molecule has 0 aromatic heterocycles. The number of halogens is 4. The van der Waals surface area contributed by atoms with Crippen molar-refractivity contribution < 1.29 is 32.7 Å². The van der Waals surface area contributed by atoms with Gasteiger partial charge in [-0.3, -0.25) is 9.69 Å². The number of carboxylic acid groups (broad SMARTS) is 1. The number of piperazine rings is 1. The second-order valence-electron chi connectivity index (χ2n) is 13.2. The molecule has 4 heterocycles. The number of rotatable bonds is 6. The van der Waals surface area contributed by atoms with Crippen LogP contribution in [0.15, 0.2) is 46.9 Å². The Kier molecular flexibility index (Phi) is 10.5. The van der Waals surface area contributed by atoms with Gasteiger partial charge in [0.15, 0.2) is 0 Å². The van der Waals surface area contributed by atoms with E-state index in [0.717, 1.165) is 43.2 Å². The number of nitrogens with one attached hydrogen (secondary N) is 2. The van der Waals surface area contributed by atoms with Gasteiger partial charge in [0.1, 0.15) is 6.09 Å². The smallest absolute Gasteiger partial charge is 0.417 e. The molecule has 3 saturated heterocycles. The van der Waals surface area contributed by atoms with Crippen molar-refractivity contribution in [2.24, 2.45) is 5.92 Å². The van der Waals surface area contributed by atoms with Crippen molar-refractivity contribution in [2.75, 3.05) is 57.7 Å². The van der Waals surface area contributed by atoms with Crippen LogP contribution in [0, 0.1) is 5.92 Å².